The van der Waals surface area contributed by atoms with Gasteiger partial charge in [-0.25, -0.2) is 12.4 Å². The summed E-state index contributed by atoms with van der Waals surface area (Å²) < 4.78 is 32.8. The number of nitrogens with zero attached hydrogens (tertiary/aromatic N) is 1. The van der Waals surface area contributed by atoms with Gasteiger partial charge < -0.3 is 4.74 Å². The van der Waals surface area contributed by atoms with Gasteiger partial charge in [0.25, 0.3) is 10.0 Å². The Balaban J connectivity index is 2.14. The summed E-state index contributed by atoms with van der Waals surface area (Å²) in [4.78, 5) is 11.8. The molecule has 5 nitrogen and oxygen atoms in total. The molecule has 0 saturated carbocycles. The number of hydrogen-bond acceptors (Lipinski definition) is 4. The highest BCUT2D eigenvalue weighted by atomic mass is 35.5. The van der Waals surface area contributed by atoms with Crippen LogP contribution in [0.25, 0.3) is 10.9 Å². The van der Waals surface area contributed by atoms with E-state index in [9.17, 15) is 13.2 Å². The molecule has 28 heavy (non-hydrogen) atoms. The minimum atomic E-state index is -3.84. The van der Waals surface area contributed by atoms with Gasteiger partial charge in [0.2, 0.25) is 0 Å². The Morgan fingerprint density at radius 1 is 1.11 bits per heavy atom. The number of halogens is 1. The highest BCUT2D eigenvalue weighted by molar-refractivity contribution is 7.90. The Morgan fingerprint density at radius 3 is 2.39 bits per heavy atom. The molecule has 0 fully saturated rings. The maximum absolute atomic E-state index is 13.4. The van der Waals surface area contributed by atoms with E-state index < -0.39 is 16.0 Å². The van der Waals surface area contributed by atoms with Crippen LogP contribution in [-0.2, 0) is 26.0 Å². The van der Waals surface area contributed by atoms with Crippen molar-refractivity contribution >= 4 is 38.5 Å². The van der Waals surface area contributed by atoms with Crippen molar-refractivity contribution in [3.05, 3.63) is 64.8 Å². The standard InChI is InChI=1S/C21H22ClNO4S/c1-14(2)15-4-8-19(9-5-15)28(25,26)23-18(7-11-21(24)27-3)13-16-12-17(22)6-10-20(16)23/h4-6,8-10,12-14H,7,11H2,1-3H3. The molecule has 0 bridgehead atoms. The van der Waals surface area contributed by atoms with Crippen LogP contribution >= 0.6 is 11.6 Å². The van der Waals surface area contributed by atoms with Gasteiger partial charge >= 0.3 is 5.97 Å². The second-order valence-electron chi connectivity index (χ2n) is 6.91. The smallest absolute Gasteiger partial charge is 0.305 e. The number of hydrogen-bond donors (Lipinski definition) is 0. The van der Waals surface area contributed by atoms with Crippen molar-refractivity contribution in [1.29, 1.82) is 0 Å². The number of carbonyl (C=O) groups is 1. The molecule has 1 heterocycles. The van der Waals surface area contributed by atoms with Gasteiger partial charge in [-0.3, -0.25) is 4.79 Å². The Morgan fingerprint density at radius 2 is 1.79 bits per heavy atom. The number of methoxy groups -OCH3 is 1. The molecule has 0 amide bonds. The summed E-state index contributed by atoms with van der Waals surface area (Å²) in [6, 6.07) is 13.7. The summed E-state index contributed by atoms with van der Waals surface area (Å²) in [5.41, 5.74) is 2.10. The fourth-order valence-corrected chi connectivity index (χ4v) is 4.89. The van der Waals surface area contributed by atoms with Crippen molar-refractivity contribution in [3.8, 4) is 0 Å². The minimum absolute atomic E-state index is 0.0857. The molecule has 0 radical (unpaired) electrons. The summed E-state index contributed by atoms with van der Waals surface area (Å²) in [6.07, 6.45) is 0.324. The SMILES string of the molecule is COC(=O)CCc1cc2cc(Cl)ccc2n1S(=O)(=O)c1ccc(C(C)C)cc1. The summed E-state index contributed by atoms with van der Waals surface area (Å²) in [6.45, 7) is 4.11. The van der Waals surface area contributed by atoms with E-state index >= 15 is 0 Å². The number of benzene rings is 2. The third-order valence-corrected chi connectivity index (χ3v) is 6.70. The summed E-state index contributed by atoms with van der Waals surface area (Å²) in [7, 11) is -2.53. The first kappa shape index (κ1) is 20.4. The Kier molecular flexibility index (Phi) is 5.82. The van der Waals surface area contributed by atoms with E-state index in [1.54, 1.807) is 36.4 Å². The Labute approximate surface area is 169 Å². The molecular formula is C21H22ClNO4S. The number of ether oxygens (including phenoxy) is 1. The van der Waals surface area contributed by atoms with E-state index in [-0.39, 0.29) is 17.7 Å². The van der Waals surface area contributed by atoms with Crippen molar-refractivity contribution in [1.82, 2.24) is 3.97 Å². The van der Waals surface area contributed by atoms with Gasteiger partial charge in [0.15, 0.2) is 0 Å². The topological polar surface area (TPSA) is 65.4 Å². The molecule has 3 rings (SSSR count). The Hall–Kier alpha value is -2.31. The van der Waals surface area contributed by atoms with E-state index in [2.05, 4.69) is 13.8 Å². The van der Waals surface area contributed by atoms with Crippen LogP contribution in [0.15, 0.2) is 53.4 Å². The molecule has 0 spiro atoms. The highest BCUT2D eigenvalue weighted by Crippen LogP contribution is 2.29. The van der Waals surface area contributed by atoms with Crippen LogP contribution in [-0.4, -0.2) is 25.5 Å². The number of esters is 1. The zero-order chi connectivity index (χ0) is 20.5. The third-order valence-electron chi connectivity index (χ3n) is 4.69. The highest BCUT2D eigenvalue weighted by Gasteiger charge is 2.23. The first-order valence-corrected chi connectivity index (χ1v) is 10.8. The molecule has 0 atom stereocenters. The number of aryl methyl sites for hydroxylation is 1. The van der Waals surface area contributed by atoms with Gasteiger partial charge in [-0.05, 0) is 54.3 Å². The van der Waals surface area contributed by atoms with Crippen LogP contribution < -0.4 is 0 Å². The third kappa shape index (κ3) is 3.93. The van der Waals surface area contributed by atoms with Crippen molar-refractivity contribution < 1.29 is 17.9 Å². The van der Waals surface area contributed by atoms with Crippen molar-refractivity contribution in [2.24, 2.45) is 0 Å². The molecule has 0 unspecified atom stereocenters. The largest absolute Gasteiger partial charge is 0.469 e. The lowest BCUT2D eigenvalue weighted by atomic mass is 10.0. The van der Waals surface area contributed by atoms with Crippen molar-refractivity contribution in [2.45, 2.75) is 37.5 Å². The van der Waals surface area contributed by atoms with Crippen LogP contribution in [0, 0.1) is 0 Å². The first-order chi connectivity index (χ1) is 13.2. The molecule has 0 aliphatic heterocycles. The molecule has 0 aliphatic rings. The van der Waals surface area contributed by atoms with Crippen molar-refractivity contribution in [3.63, 3.8) is 0 Å². The maximum Gasteiger partial charge on any atom is 0.305 e. The van der Waals surface area contributed by atoms with Gasteiger partial charge in [0.05, 0.1) is 23.9 Å². The van der Waals surface area contributed by atoms with E-state index in [1.165, 1.54) is 11.1 Å². The average Bonchev–Trinajstić information content (AvgIpc) is 3.04. The number of aromatic nitrogens is 1. The summed E-state index contributed by atoms with van der Waals surface area (Å²) in [5.74, 6) is -0.0876. The van der Waals surface area contributed by atoms with Gasteiger partial charge in [0.1, 0.15) is 0 Å². The van der Waals surface area contributed by atoms with Gasteiger partial charge in [-0.1, -0.05) is 37.6 Å². The molecule has 148 valence electrons. The molecule has 0 N–H and O–H groups in total. The van der Waals surface area contributed by atoms with Gasteiger partial charge in [-0.2, -0.15) is 0 Å². The molecule has 0 aliphatic carbocycles. The van der Waals surface area contributed by atoms with Crippen molar-refractivity contribution in [2.75, 3.05) is 7.11 Å². The summed E-state index contributed by atoms with van der Waals surface area (Å²) in [5, 5.41) is 1.22. The number of rotatable bonds is 6. The molecule has 3 aromatic rings. The number of carbonyl (C=O) groups excluding carboxylic acids is 1. The van der Waals surface area contributed by atoms with Crippen LogP contribution in [0.5, 0.6) is 0 Å². The van der Waals surface area contributed by atoms with Crippen LogP contribution in [0.2, 0.25) is 5.02 Å². The fraction of sp³-hybridized carbons (Fsp3) is 0.286. The predicted octanol–water partition coefficient (Wildman–Crippen LogP) is 4.76. The lowest BCUT2D eigenvalue weighted by molar-refractivity contribution is -0.140. The normalized spacial score (nSPS) is 11.9. The van der Waals surface area contributed by atoms with E-state index in [4.69, 9.17) is 16.3 Å². The van der Waals surface area contributed by atoms with Crippen LogP contribution in [0.4, 0.5) is 0 Å². The molecule has 0 saturated heterocycles. The minimum Gasteiger partial charge on any atom is -0.469 e. The number of fused-ring (bicyclic) bond motifs is 1. The zero-order valence-electron chi connectivity index (χ0n) is 16.0. The van der Waals surface area contributed by atoms with Crippen LogP contribution in [0.1, 0.15) is 37.4 Å². The van der Waals surface area contributed by atoms with Gasteiger partial charge in [0, 0.05) is 16.1 Å². The lowest BCUT2D eigenvalue weighted by Crippen LogP contribution is -2.16. The molecule has 2 aromatic carbocycles. The zero-order valence-corrected chi connectivity index (χ0v) is 17.5. The quantitative estimate of drug-likeness (QED) is 0.540. The average molecular weight is 420 g/mol. The Bertz CT molecular complexity index is 1120. The van der Waals surface area contributed by atoms with Crippen LogP contribution in [0.3, 0.4) is 0 Å². The van der Waals surface area contributed by atoms with E-state index in [0.29, 0.717) is 27.5 Å². The van der Waals surface area contributed by atoms with Gasteiger partial charge in [-0.15, -0.1) is 0 Å². The lowest BCUT2D eigenvalue weighted by Gasteiger charge is -2.13. The summed E-state index contributed by atoms with van der Waals surface area (Å²) >= 11 is 6.08. The van der Waals surface area contributed by atoms with E-state index in [1.807, 2.05) is 12.1 Å². The molecule has 7 heteroatoms. The first-order valence-electron chi connectivity index (χ1n) is 8.96. The second kappa shape index (κ2) is 7.97. The molecule has 1 aromatic heterocycles. The maximum atomic E-state index is 13.4. The fourth-order valence-electron chi connectivity index (χ4n) is 3.14. The monoisotopic (exact) mass is 419 g/mol. The molecular weight excluding hydrogens is 398 g/mol. The predicted molar refractivity (Wildman–Crippen MR) is 110 cm³/mol. The second-order valence-corrected chi connectivity index (χ2v) is 9.13. The van der Waals surface area contributed by atoms with E-state index in [0.717, 1.165) is 5.56 Å².